The summed E-state index contributed by atoms with van der Waals surface area (Å²) in [5, 5.41) is 0. The summed E-state index contributed by atoms with van der Waals surface area (Å²) >= 11 is 0. The molecule has 2 aliphatic carbocycles. The molecule has 0 atom stereocenters. The van der Waals surface area contributed by atoms with Gasteiger partial charge in [0.1, 0.15) is 6.29 Å². The fourth-order valence-corrected chi connectivity index (χ4v) is 3.65. The summed E-state index contributed by atoms with van der Waals surface area (Å²) < 4.78 is 0. The highest BCUT2D eigenvalue weighted by molar-refractivity contribution is 6.64. The lowest BCUT2D eigenvalue weighted by Gasteiger charge is -2.23. The minimum atomic E-state index is 0.748. The molecule has 0 aliphatic heterocycles. The Morgan fingerprint density at radius 3 is 1.71 bits per heavy atom. The van der Waals surface area contributed by atoms with Gasteiger partial charge >= 0.3 is 0 Å². The van der Waals surface area contributed by atoms with Gasteiger partial charge in [-0.05, 0) is 6.32 Å². The Balaban J connectivity index is 1.94. The quantitative estimate of drug-likeness (QED) is 0.491. The van der Waals surface area contributed by atoms with E-state index in [1.807, 2.05) is 0 Å². The number of aldehydes is 1. The van der Waals surface area contributed by atoms with E-state index >= 15 is 0 Å². The Kier molecular flexibility index (Phi) is 3.66. The van der Waals surface area contributed by atoms with Crippen LogP contribution in [0.2, 0.25) is 18.0 Å². The molecule has 1 nitrogen and oxygen atoms in total. The van der Waals surface area contributed by atoms with Crippen LogP contribution in [-0.2, 0) is 4.79 Å². The molecule has 2 fully saturated rings. The Morgan fingerprint density at radius 2 is 1.36 bits per heavy atom. The first-order valence-electron chi connectivity index (χ1n) is 6.35. The fraction of sp³-hybridized carbons (Fsp3) is 0.917. The standard InChI is InChI=1S/C12H21BO/c14-10-9-13(11-5-1-2-6-11)12-7-3-4-8-12/h10-12H,1-9H2. The SMILES string of the molecule is O=CCB(C1CCCC1)C1CCCC1. The molecule has 0 bridgehead atoms. The fourth-order valence-electron chi connectivity index (χ4n) is 3.65. The Morgan fingerprint density at radius 1 is 0.929 bits per heavy atom. The van der Waals surface area contributed by atoms with Crippen LogP contribution >= 0.6 is 0 Å². The van der Waals surface area contributed by atoms with Gasteiger partial charge in [-0.25, -0.2) is 0 Å². The van der Waals surface area contributed by atoms with Crippen molar-refractivity contribution in [3.8, 4) is 0 Å². The maximum absolute atomic E-state index is 10.7. The van der Waals surface area contributed by atoms with E-state index in [1.54, 1.807) is 0 Å². The summed E-state index contributed by atoms with van der Waals surface area (Å²) in [6.07, 6.45) is 13.2. The molecular formula is C12H21BO. The molecule has 2 aliphatic rings. The van der Waals surface area contributed by atoms with Crippen LogP contribution in [-0.4, -0.2) is 13.0 Å². The first-order valence-corrected chi connectivity index (χ1v) is 6.35. The van der Waals surface area contributed by atoms with E-state index in [4.69, 9.17) is 0 Å². The highest BCUT2D eigenvalue weighted by atomic mass is 16.1. The van der Waals surface area contributed by atoms with E-state index in [0.29, 0.717) is 0 Å². The van der Waals surface area contributed by atoms with Crippen LogP contribution in [0.3, 0.4) is 0 Å². The van der Waals surface area contributed by atoms with Crippen molar-refractivity contribution in [3.05, 3.63) is 0 Å². The molecule has 78 valence electrons. The maximum atomic E-state index is 10.7. The third-order valence-electron chi connectivity index (χ3n) is 4.38. The molecule has 0 amide bonds. The van der Waals surface area contributed by atoms with Crippen molar-refractivity contribution in [2.24, 2.45) is 0 Å². The van der Waals surface area contributed by atoms with Crippen LogP contribution in [0.25, 0.3) is 0 Å². The summed E-state index contributed by atoms with van der Waals surface area (Å²) in [6, 6.07) is 0. The van der Waals surface area contributed by atoms with Gasteiger partial charge in [0.25, 0.3) is 0 Å². The first kappa shape index (κ1) is 10.3. The van der Waals surface area contributed by atoms with Crippen molar-refractivity contribution < 1.29 is 4.79 Å². The van der Waals surface area contributed by atoms with Crippen molar-refractivity contribution >= 4 is 13.0 Å². The number of hydrogen-bond acceptors (Lipinski definition) is 1. The van der Waals surface area contributed by atoms with Crippen molar-refractivity contribution in [1.29, 1.82) is 0 Å². The monoisotopic (exact) mass is 192 g/mol. The minimum absolute atomic E-state index is 0.748. The molecule has 0 aromatic heterocycles. The Labute approximate surface area is 87.7 Å². The molecule has 0 aromatic rings. The van der Waals surface area contributed by atoms with Crippen molar-refractivity contribution in [2.75, 3.05) is 0 Å². The number of carbonyl (C=O) groups excluding carboxylic acids is 1. The summed E-state index contributed by atoms with van der Waals surface area (Å²) in [5.74, 6) is 1.78. The molecule has 0 aromatic carbocycles. The molecule has 0 spiro atoms. The molecule has 0 saturated heterocycles. The molecule has 0 unspecified atom stereocenters. The van der Waals surface area contributed by atoms with E-state index in [2.05, 4.69) is 0 Å². The summed E-state index contributed by atoms with van der Waals surface area (Å²) in [6.45, 7) is 0.748. The number of hydrogen-bond donors (Lipinski definition) is 0. The van der Waals surface area contributed by atoms with E-state index in [0.717, 1.165) is 24.7 Å². The van der Waals surface area contributed by atoms with Gasteiger partial charge in [0.05, 0.1) is 0 Å². The lowest BCUT2D eigenvalue weighted by molar-refractivity contribution is -0.106. The second-order valence-corrected chi connectivity index (χ2v) is 5.16. The van der Waals surface area contributed by atoms with Crippen molar-refractivity contribution in [1.82, 2.24) is 0 Å². The van der Waals surface area contributed by atoms with E-state index in [9.17, 15) is 4.79 Å². The molecular weight excluding hydrogens is 171 g/mol. The third-order valence-corrected chi connectivity index (χ3v) is 4.38. The third kappa shape index (κ3) is 2.21. The van der Waals surface area contributed by atoms with Crippen LogP contribution in [0.5, 0.6) is 0 Å². The normalized spacial score (nSPS) is 24.3. The number of carbonyl (C=O) groups is 1. The Hall–Kier alpha value is -0.265. The summed E-state index contributed by atoms with van der Waals surface area (Å²) in [5.41, 5.74) is 0. The molecule has 14 heavy (non-hydrogen) atoms. The van der Waals surface area contributed by atoms with Crippen molar-refractivity contribution in [2.45, 2.75) is 69.3 Å². The van der Waals surface area contributed by atoms with Crippen LogP contribution in [0.1, 0.15) is 51.4 Å². The van der Waals surface area contributed by atoms with Gasteiger partial charge in [0.2, 0.25) is 0 Å². The molecule has 2 heteroatoms. The smallest absolute Gasteiger partial charge is 0.154 e. The summed E-state index contributed by atoms with van der Waals surface area (Å²) in [7, 11) is 0. The van der Waals surface area contributed by atoms with E-state index in [1.165, 1.54) is 57.7 Å². The zero-order valence-corrected chi connectivity index (χ0v) is 9.08. The lowest BCUT2D eigenvalue weighted by atomic mass is 9.31. The largest absolute Gasteiger partial charge is 0.304 e. The average molecular weight is 192 g/mol. The van der Waals surface area contributed by atoms with Crippen LogP contribution in [0.15, 0.2) is 0 Å². The second-order valence-electron chi connectivity index (χ2n) is 5.16. The van der Waals surface area contributed by atoms with Crippen LogP contribution in [0, 0.1) is 0 Å². The van der Waals surface area contributed by atoms with Crippen LogP contribution < -0.4 is 0 Å². The Bertz CT molecular complexity index is 165. The van der Waals surface area contributed by atoms with Gasteiger partial charge in [0.15, 0.2) is 6.71 Å². The zero-order valence-electron chi connectivity index (χ0n) is 9.08. The van der Waals surface area contributed by atoms with Crippen LogP contribution in [0.4, 0.5) is 0 Å². The highest BCUT2D eigenvalue weighted by Gasteiger charge is 2.35. The topological polar surface area (TPSA) is 17.1 Å². The van der Waals surface area contributed by atoms with Crippen molar-refractivity contribution in [3.63, 3.8) is 0 Å². The van der Waals surface area contributed by atoms with E-state index < -0.39 is 0 Å². The summed E-state index contributed by atoms with van der Waals surface area (Å²) in [4.78, 5) is 10.7. The zero-order chi connectivity index (χ0) is 9.80. The van der Waals surface area contributed by atoms with Gasteiger partial charge < -0.3 is 4.79 Å². The van der Waals surface area contributed by atoms with Gasteiger partial charge in [-0.1, -0.05) is 63.0 Å². The number of rotatable bonds is 4. The lowest BCUT2D eigenvalue weighted by Crippen LogP contribution is -2.24. The predicted molar refractivity (Wildman–Crippen MR) is 61.1 cm³/mol. The van der Waals surface area contributed by atoms with Gasteiger partial charge in [-0.3, -0.25) is 0 Å². The molecule has 0 radical (unpaired) electrons. The van der Waals surface area contributed by atoms with E-state index in [-0.39, 0.29) is 0 Å². The average Bonchev–Trinajstić information content (AvgIpc) is 2.87. The highest BCUT2D eigenvalue weighted by Crippen LogP contribution is 2.44. The minimum Gasteiger partial charge on any atom is -0.304 e. The first-order chi connectivity index (χ1) is 6.92. The molecule has 0 N–H and O–H groups in total. The van der Waals surface area contributed by atoms with Gasteiger partial charge in [-0.2, -0.15) is 0 Å². The van der Waals surface area contributed by atoms with Gasteiger partial charge in [0, 0.05) is 0 Å². The van der Waals surface area contributed by atoms with Gasteiger partial charge in [-0.15, -0.1) is 0 Å². The maximum Gasteiger partial charge on any atom is 0.154 e. The molecule has 0 heterocycles. The predicted octanol–water partition coefficient (Wildman–Crippen LogP) is 3.57. The molecule has 2 saturated carbocycles. The molecule has 2 rings (SSSR count). The second kappa shape index (κ2) is 5.00.